The SMILES string of the molecule is COCCOCCOCCOCCOCCOCCOCCSCC(CSCCOCCOCCOCCOCCOCCOCCOC)C(=O)c1ccc(O)cc1. The van der Waals surface area contributed by atoms with E-state index in [2.05, 4.69) is 0 Å². The molecule has 0 saturated heterocycles. The van der Waals surface area contributed by atoms with E-state index in [1.54, 1.807) is 62.0 Å². The Hall–Kier alpha value is -1.17. The highest BCUT2D eigenvalue weighted by Crippen LogP contribution is 2.21. The average Bonchev–Trinajstić information content (AvgIpc) is 3.23. The van der Waals surface area contributed by atoms with E-state index < -0.39 is 0 Å². The zero-order chi connectivity index (χ0) is 41.7. The monoisotopic (exact) mass is 872 g/mol. The molecular formula is C40H72O16S2. The number of carbonyl (C=O) groups is 1. The van der Waals surface area contributed by atoms with E-state index in [9.17, 15) is 9.90 Å². The van der Waals surface area contributed by atoms with E-state index in [0.29, 0.717) is 189 Å². The van der Waals surface area contributed by atoms with Gasteiger partial charge in [0, 0.05) is 48.7 Å². The lowest BCUT2D eigenvalue weighted by atomic mass is 10.0. The third kappa shape index (κ3) is 37.8. The highest BCUT2D eigenvalue weighted by molar-refractivity contribution is 8.00. The van der Waals surface area contributed by atoms with Crippen molar-refractivity contribution in [3.63, 3.8) is 0 Å². The molecule has 1 N–H and O–H groups in total. The maximum Gasteiger partial charge on any atom is 0.167 e. The third-order valence-electron chi connectivity index (χ3n) is 7.49. The summed E-state index contributed by atoms with van der Waals surface area (Å²) < 4.78 is 75.9. The van der Waals surface area contributed by atoms with Crippen molar-refractivity contribution in [2.45, 2.75) is 0 Å². The number of rotatable bonds is 48. The van der Waals surface area contributed by atoms with Crippen molar-refractivity contribution in [3.05, 3.63) is 29.8 Å². The molecule has 1 aromatic rings. The van der Waals surface area contributed by atoms with Crippen molar-refractivity contribution in [1.29, 1.82) is 0 Å². The summed E-state index contributed by atoms with van der Waals surface area (Å²) in [6.45, 7) is 13.6. The molecule has 0 aliphatic heterocycles. The molecular weight excluding hydrogens is 801 g/mol. The van der Waals surface area contributed by atoms with Crippen molar-refractivity contribution in [2.75, 3.05) is 209 Å². The first-order chi connectivity index (χ1) is 28.7. The van der Waals surface area contributed by atoms with E-state index in [1.165, 1.54) is 0 Å². The van der Waals surface area contributed by atoms with E-state index in [0.717, 1.165) is 11.5 Å². The van der Waals surface area contributed by atoms with Crippen molar-refractivity contribution >= 4 is 29.3 Å². The lowest BCUT2D eigenvalue weighted by Crippen LogP contribution is -2.21. The number of hydrogen-bond donors (Lipinski definition) is 1. The van der Waals surface area contributed by atoms with Crippen LogP contribution in [0.25, 0.3) is 0 Å². The van der Waals surface area contributed by atoms with Gasteiger partial charge in [0.05, 0.1) is 172 Å². The van der Waals surface area contributed by atoms with Crippen molar-refractivity contribution < 1.29 is 76.2 Å². The van der Waals surface area contributed by atoms with Gasteiger partial charge in [-0.15, -0.1) is 0 Å². The second-order valence-electron chi connectivity index (χ2n) is 12.1. The third-order valence-corrected chi connectivity index (χ3v) is 9.68. The summed E-state index contributed by atoms with van der Waals surface area (Å²) in [4.78, 5) is 13.3. The predicted octanol–water partition coefficient (Wildman–Crippen LogP) is 3.15. The molecule has 58 heavy (non-hydrogen) atoms. The van der Waals surface area contributed by atoms with Crippen LogP contribution in [0.1, 0.15) is 10.4 Å². The number of methoxy groups -OCH3 is 2. The molecule has 0 atom stereocenters. The molecule has 18 heteroatoms. The fourth-order valence-corrected chi connectivity index (χ4v) is 6.50. The number of thioether (sulfide) groups is 2. The van der Waals surface area contributed by atoms with Crippen LogP contribution in [0, 0.1) is 5.92 Å². The molecule has 0 amide bonds. The standard InChI is InChI=1S/C40H72O16S2/c1-43-7-9-45-11-13-47-15-17-49-19-21-51-23-25-53-27-29-55-31-33-57-35-38(40(42)37-3-5-39(41)6-4-37)36-58-34-32-56-30-28-54-26-24-52-22-20-50-18-16-48-14-12-46-10-8-44-2/h3-6,38,41H,7-36H2,1-2H3. The molecule has 0 aliphatic rings. The first kappa shape index (κ1) is 54.8. The van der Waals surface area contributed by atoms with E-state index in [1.807, 2.05) is 0 Å². The minimum Gasteiger partial charge on any atom is -0.508 e. The summed E-state index contributed by atoms with van der Waals surface area (Å²) in [7, 11) is 3.28. The fraction of sp³-hybridized carbons (Fsp3) is 0.825. The van der Waals surface area contributed by atoms with Crippen LogP contribution in [0.2, 0.25) is 0 Å². The van der Waals surface area contributed by atoms with Crippen LogP contribution in [0.4, 0.5) is 0 Å². The minimum absolute atomic E-state index is 0.0698. The number of phenols is 1. The smallest absolute Gasteiger partial charge is 0.167 e. The van der Waals surface area contributed by atoms with Gasteiger partial charge in [-0.2, -0.15) is 23.5 Å². The van der Waals surface area contributed by atoms with Crippen LogP contribution < -0.4 is 0 Å². The Bertz CT molecular complexity index is 937. The van der Waals surface area contributed by atoms with Crippen molar-refractivity contribution in [2.24, 2.45) is 5.92 Å². The topological polar surface area (TPSA) is 167 Å². The van der Waals surface area contributed by atoms with Crippen molar-refractivity contribution in [3.8, 4) is 5.75 Å². The predicted molar refractivity (Wildman–Crippen MR) is 224 cm³/mol. The number of ketones is 1. The fourth-order valence-electron chi connectivity index (χ4n) is 4.44. The number of carbonyl (C=O) groups excluding carboxylic acids is 1. The zero-order valence-electron chi connectivity index (χ0n) is 35.0. The first-order valence-corrected chi connectivity index (χ1v) is 22.4. The molecule has 0 bridgehead atoms. The van der Waals surface area contributed by atoms with E-state index in [-0.39, 0.29) is 17.5 Å². The van der Waals surface area contributed by atoms with Crippen LogP contribution >= 0.6 is 23.5 Å². The molecule has 0 radical (unpaired) electrons. The summed E-state index contributed by atoms with van der Waals surface area (Å²) in [5, 5.41) is 9.66. The number of benzene rings is 1. The van der Waals surface area contributed by atoms with Gasteiger partial charge in [0.15, 0.2) is 5.78 Å². The van der Waals surface area contributed by atoms with E-state index >= 15 is 0 Å². The lowest BCUT2D eigenvalue weighted by Gasteiger charge is -2.16. The van der Waals surface area contributed by atoms with Gasteiger partial charge in [0.2, 0.25) is 0 Å². The molecule has 0 fully saturated rings. The molecule has 0 heterocycles. The highest BCUT2D eigenvalue weighted by atomic mass is 32.2. The molecule has 0 saturated carbocycles. The van der Waals surface area contributed by atoms with Crippen LogP contribution in [0.5, 0.6) is 5.75 Å². The molecule has 1 rings (SSSR count). The second kappa shape index (κ2) is 45.4. The average molecular weight is 873 g/mol. The zero-order valence-corrected chi connectivity index (χ0v) is 36.6. The summed E-state index contributed by atoms with van der Waals surface area (Å²) >= 11 is 3.39. The molecule has 0 unspecified atom stereocenters. The highest BCUT2D eigenvalue weighted by Gasteiger charge is 2.20. The number of Topliss-reactive ketones (excluding diaryl/α,β-unsaturated/α-hetero) is 1. The van der Waals surface area contributed by atoms with Gasteiger partial charge in [-0.25, -0.2) is 0 Å². The largest absolute Gasteiger partial charge is 0.508 e. The van der Waals surface area contributed by atoms with Gasteiger partial charge in [0.25, 0.3) is 0 Å². The van der Waals surface area contributed by atoms with Crippen molar-refractivity contribution in [1.82, 2.24) is 0 Å². The minimum atomic E-state index is -0.170. The molecule has 0 aromatic heterocycles. The van der Waals surface area contributed by atoms with E-state index in [4.69, 9.17) is 66.3 Å². The molecule has 16 nitrogen and oxygen atoms in total. The van der Waals surface area contributed by atoms with Crippen LogP contribution in [0.3, 0.4) is 0 Å². The van der Waals surface area contributed by atoms with Gasteiger partial charge in [-0.1, -0.05) is 0 Å². The molecule has 340 valence electrons. The Morgan fingerprint density at radius 3 is 0.914 bits per heavy atom. The Morgan fingerprint density at radius 2 is 0.655 bits per heavy atom. The summed E-state index contributed by atoms with van der Waals surface area (Å²) in [5.41, 5.74) is 0.598. The Morgan fingerprint density at radius 1 is 0.414 bits per heavy atom. The first-order valence-electron chi connectivity index (χ1n) is 20.1. The normalized spacial score (nSPS) is 11.6. The second-order valence-corrected chi connectivity index (χ2v) is 14.4. The quantitative estimate of drug-likeness (QED) is 0.0749. The number of aromatic hydroxyl groups is 1. The van der Waals surface area contributed by atoms with Gasteiger partial charge in [0.1, 0.15) is 5.75 Å². The number of phenolic OH excluding ortho intramolecular Hbond substituents is 1. The Kier molecular flexibility index (Phi) is 42.9. The maximum atomic E-state index is 13.3. The van der Waals surface area contributed by atoms with Crippen LogP contribution in [-0.4, -0.2) is 220 Å². The maximum absolute atomic E-state index is 13.3. The van der Waals surface area contributed by atoms with Gasteiger partial charge in [-0.05, 0) is 24.3 Å². The Balaban J connectivity index is 1.99. The summed E-state index contributed by atoms with van der Waals surface area (Å²) in [5.74, 6) is 2.92. The number of hydrogen-bond acceptors (Lipinski definition) is 18. The van der Waals surface area contributed by atoms with Crippen LogP contribution in [-0.2, 0) is 66.3 Å². The molecule has 0 spiro atoms. The van der Waals surface area contributed by atoms with Crippen LogP contribution in [0.15, 0.2) is 24.3 Å². The van der Waals surface area contributed by atoms with Gasteiger partial charge < -0.3 is 71.4 Å². The number of ether oxygens (including phenoxy) is 14. The lowest BCUT2D eigenvalue weighted by molar-refractivity contribution is -0.0186. The van der Waals surface area contributed by atoms with Gasteiger partial charge in [-0.3, -0.25) is 4.79 Å². The summed E-state index contributed by atoms with van der Waals surface area (Å²) in [6, 6.07) is 6.44. The van der Waals surface area contributed by atoms with Gasteiger partial charge >= 0.3 is 0 Å². The Labute approximate surface area is 355 Å². The molecule has 1 aromatic carbocycles. The molecule has 0 aliphatic carbocycles. The summed E-state index contributed by atoms with van der Waals surface area (Å²) in [6.07, 6.45) is 0.